The summed E-state index contributed by atoms with van der Waals surface area (Å²) >= 11 is 0. The molecule has 0 spiro atoms. The van der Waals surface area contributed by atoms with Gasteiger partial charge in [-0.1, -0.05) is 20.8 Å². The van der Waals surface area contributed by atoms with Crippen molar-refractivity contribution in [3.63, 3.8) is 0 Å². The number of rotatable bonds is 7. The molecule has 4 nitrogen and oxygen atoms in total. The van der Waals surface area contributed by atoms with Crippen LogP contribution in [0, 0.1) is 5.41 Å². The molecule has 0 bridgehead atoms. The van der Waals surface area contributed by atoms with Crippen molar-refractivity contribution in [2.75, 3.05) is 13.2 Å². The zero-order valence-corrected chi connectivity index (χ0v) is 12.8. The molecular weight excluding hydrogens is 242 g/mol. The fraction of sp³-hybridized carbons (Fsp3) is 0.933. The van der Waals surface area contributed by atoms with E-state index in [-0.39, 0.29) is 0 Å². The standard InChI is InChI=1S/C15H29NO3/c1-5-16-15(4,13(17)18)10-11-19-12-6-8-14(2,3)9-7-12/h12,16H,5-11H2,1-4H3,(H,17,18). The predicted molar refractivity (Wildman–Crippen MR) is 76.3 cm³/mol. The molecular formula is C15H29NO3. The Bertz CT molecular complexity index is 294. The minimum absolute atomic E-state index is 0.313. The number of nitrogens with one attached hydrogen (secondary N) is 1. The zero-order chi connectivity index (χ0) is 14.5. The molecule has 112 valence electrons. The predicted octanol–water partition coefficient (Wildman–Crippen LogP) is 2.81. The summed E-state index contributed by atoms with van der Waals surface area (Å²) in [6, 6.07) is 0. The lowest BCUT2D eigenvalue weighted by molar-refractivity contribution is -0.145. The molecule has 0 heterocycles. The van der Waals surface area contributed by atoms with Crippen LogP contribution in [0.15, 0.2) is 0 Å². The lowest BCUT2D eigenvalue weighted by atomic mass is 9.76. The van der Waals surface area contributed by atoms with Gasteiger partial charge in [0, 0.05) is 6.61 Å². The number of hydrogen-bond acceptors (Lipinski definition) is 3. The topological polar surface area (TPSA) is 58.6 Å². The highest BCUT2D eigenvalue weighted by Gasteiger charge is 2.32. The van der Waals surface area contributed by atoms with E-state index in [4.69, 9.17) is 4.74 Å². The summed E-state index contributed by atoms with van der Waals surface area (Å²) in [6.45, 7) is 9.42. The van der Waals surface area contributed by atoms with Crippen LogP contribution in [0.1, 0.15) is 59.8 Å². The first-order valence-corrected chi connectivity index (χ1v) is 7.39. The molecule has 0 aromatic carbocycles. The van der Waals surface area contributed by atoms with Gasteiger partial charge in [-0.15, -0.1) is 0 Å². The van der Waals surface area contributed by atoms with Crippen molar-refractivity contribution >= 4 is 5.97 Å². The third-order valence-electron chi connectivity index (χ3n) is 4.28. The maximum absolute atomic E-state index is 11.3. The molecule has 1 aliphatic rings. The summed E-state index contributed by atoms with van der Waals surface area (Å²) in [7, 11) is 0. The minimum atomic E-state index is -0.872. The fourth-order valence-corrected chi connectivity index (χ4v) is 2.63. The second-order valence-electron chi connectivity index (χ2n) is 6.65. The molecule has 0 amide bonds. The van der Waals surface area contributed by atoms with Crippen LogP contribution >= 0.6 is 0 Å². The van der Waals surface area contributed by atoms with Gasteiger partial charge in [-0.05, 0) is 51.0 Å². The van der Waals surface area contributed by atoms with E-state index in [1.165, 1.54) is 12.8 Å². The van der Waals surface area contributed by atoms with Crippen molar-refractivity contribution in [3.05, 3.63) is 0 Å². The SMILES string of the molecule is CCNC(C)(CCOC1CCC(C)(C)CC1)C(=O)O. The largest absolute Gasteiger partial charge is 0.480 e. The Balaban J connectivity index is 2.31. The highest BCUT2D eigenvalue weighted by Crippen LogP contribution is 2.36. The number of carboxylic acid groups (broad SMARTS) is 1. The quantitative estimate of drug-likeness (QED) is 0.747. The molecule has 4 heteroatoms. The van der Waals surface area contributed by atoms with E-state index in [0.717, 1.165) is 12.8 Å². The van der Waals surface area contributed by atoms with Crippen LogP contribution in [0.5, 0.6) is 0 Å². The normalized spacial score (nSPS) is 22.9. The highest BCUT2D eigenvalue weighted by atomic mass is 16.5. The summed E-state index contributed by atoms with van der Waals surface area (Å²) in [6.07, 6.45) is 5.40. The molecule has 0 saturated heterocycles. The molecule has 1 unspecified atom stereocenters. The van der Waals surface area contributed by atoms with Crippen molar-refractivity contribution in [2.45, 2.75) is 71.4 Å². The molecule has 1 fully saturated rings. The second kappa shape index (κ2) is 6.71. The van der Waals surface area contributed by atoms with Crippen molar-refractivity contribution in [2.24, 2.45) is 5.41 Å². The Morgan fingerprint density at radius 2 is 2.00 bits per heavy atom. The van der Waals surface area contributed by atoms with Crippen LogP contribution in [0.25, 0.3) is 0 Å². The Hall–Kier alpha value is -0.610. The number of hydrogen-bond donors (Lipinski definition) is 2. The van der Waals surface area contributed by atoms with Gasteiger partial charge in [-0.3, -0.25) is 4.79 Å². The Morgan fingerprint density at radius 3 is 2.47 bits per heavy atom. The van der Waals surface area contributed by atoms with Crippen molar-refractivity contribution in [3.8, 4) is 0 Å². The number of carboxylic acids is 1. The third-order valence-corrected chi connectivity index (χ3v) is 4.28. The smallest absolute Gasteiger partial charge is 0.323 e. The molecule has 0 radical (unpaired) electrons. The lowest BCUT2D eigenvalue weighted by Crippen LogP contribution is -2.50. The molecule has 1 aliphatic carbocycles. The molecule has 2 N–H and O–H groups in total. The summed E-state index contributed by atoms with van der Waals surface area (Å²) in [4.78, 5) is 11.3. The van der Waals surface area contributed by atoms with Gasteiger partial charge in [0.1, 0.15) is 5.54 Å². The lowest BCUT2D eigenvalue weighted by Gasteiger charge is -2.34. The molecule has 1 atom stereocenters. The molecule has 0 aliphatic heterocycles. The average Bonchev–Trinajstić information content (AvgIpc) is 2.31. The first-order valence-electron chi connectivity index (χ1n) is 7.39. The van der Waals surface area contributed by atoms with Crippen molar-refractivity contribution in [1.29, 1.82) is 0 Å². The summed E-state index contributed by atoms with van der Waals surface area (Å²) in [5.41, 5.74) is -0.429. The Labute approximate surface area is 116 Å². The second-order valence-corrected chi connectivity index (χ2v) is 6.65. The van der Waals surface area contributed by atoms with Gasteiger partial charge in [0.05, 0.1) is 6.10 Å². The summed E-state index contributed by atoms with van der Waals surface area (Å²) < 4.78 is 5.87. The van der Waals surface area contributed by atoms with E-state index in [2.05, 4.69) is 19.2 Å². The van der Waals surface area contributed by atoms with Crippen LogP contribution < -0.4 is 5.32 Å². The van der Waals surface area contributed by atoms with E-state index < -0.39 is 11.5 Å². The van der Waals surface area contributed by atoms with Gasteiger partial charge in [0.15, 0.2) is 0 Å². The van der Waals surface area contributed by atoms with E-state index >= 15 is 0 Å². The van der Waals surface area contributed by atoms with Crippen molar-refractivity contribution in [1.82, 2.24) is 5.32 Å². The maximum atomic E-state index is 11.3. The Kier molecular flexibility index (Phi) is 5.81. The maximum Gasteiger partial charge on any atom is 0.323 e. The van der Waals surface area contributed by atoms with Gasteiger partial charge < -0.3 is 15.2 Å². The Morgan fingerprint density at radius 1 is 1.42 bits per heavy atom. The summed E-state index contributed by atoms with van der Waals surface area (Å²) in [5, 5.41) is 12.3. The number of carbonyl (C=O) groups is 1. The van der Waals surface area contributed by atoms with Crippen LogP contribution in [0.4, 0.5) is 0 Å². The van der Waals surface area contributed by atoms with Crippen LogP contribution in [-0.4, -0.2) is 35.9 Å². The third kappa shape index (κ3) is 5.11. The van der Waals surface area contributed by atoms with E-state index in [9.17, 15) is 9.90 Å². The van der Waals surface area contributed by atoms with Crippen LogP contribution in [-0.2, 0) is 9.53 Å². The molecule has 0 aromatic heterocycles. The number of ether oxygens (including phenoxy) is 1. The average molecular weight is 271 g/mol. The first kappa shape index (κ1) is 16.4. The highest BCUT2D eigenvalue weighted by molar-refractivity contribution is 5.78. The van der Waals surface area contributed by atoms with E-state index in [1.807, 2.05) is 6.92 Å². The minimum Gasteiger partial charge on any atom is -0.480 e. The zero-order valence-electron chi connectivity index (χ0n) is 12.8. The summed E-state index contributed by atoms with van der Waals surface area (Å²) in [5.74, 6) is -0.803. The van der Waals surface area contributed by atoms with Gasteiger partial charge >= 0.3 is 5.97 Å². The molecule has 1 saturated carbocycles. The van der Waals surface area contributed by atoms with E-state index in [0.29, 0.717) is 31.1 Å². The van der Waals surface area contributed by atoms with Gasteiger partial charge in [0.25, 0.3) is 0 Å². The fourth-order valence-electron chi connectivity index (χ4n) is 2.63. The van der Waals surface area contributed by atoms with Crippen molar-refractivity contribution < 1.29 is 14.6 Å². The number of aliphatic carboxylic acids is 1. The molecule has 0 aromatic rings. The van der Waals surface area contributed by atoms with Gasteiger partial charge in [0.2, 0.25) is 0 Å². The molecule has 1 rings (SSSR count). The first-order chi connectivity index (χ1) is 8.79. The van der Waals surface area contributed by atoms with Gasteiger partial charge in [-0.25, -0.2) is 0 Å². The molecule has 19 heavy (non-hydrogen) atoms. The van der Waals surface area contributed by atoms with Crippen LogP contribution in [0.2, 0.25) is 0 Å². The monoisotopic (exact) mass is 271 g/mol. The number of likely N-dealkylation sites (N-methyl/N-ethyl adjacent to an activating group) is 1. The van der Waals surface area contributed by atoms with E-state index in [1.54, 1.807) is 6.92 Å². The van der Waals surface area contributed by atoms with Crippen LogP contribution in [0.3, 0.4) is 0 Å². The van der Waals surface area contributed by atoms with Gasteiger partial charge in [-0.2, -0.15) is 0 Å².